The quantitative estimate of drug-likeness (QED) is 0.716. The van der Waals surface area contributed by atoms with Crippen molar-refractivity contribution in [1.29, 1.82) is 0 Å². The highest BCUT2D eigenvalue weighted by Crippen LogP contribution is 2.43. The fraction of sp³-hybridized carbons (Fsp3) is 0.476. The average Bonchev–Trinajstić information content (AvgIpc) is 3.35. The molecule has 0 atom stereocenters. The molecule has 1 saturated heterocycles. The van der Waals surface area contributed by atoms with Crippen molar-refractivity contribution in [2.75, 3.05) is 18.0 Å². The molecule has 1 aromatic carbocycles. The summed E-state index contributed by atoms with van der Waals surface area (Å²) in [5.41, 5.74) is 3.66. The number of fused-ring (bicyclic) bond motifs is 1. The van der Waals surface area contributed by atoms with Crippen molar-refractivity contribution in [2.45, 2.75) is 50.0 Å². The second-order valence-electron chi connectivity index (χ2n) is 8.09. The largest absolute Gasteiger partial charge is 0.352 e. The van der Waals surface area contributed by atoms with E-state index in [0.717, 1.165) is 24.4 Å². The van der Waals surface area contributed by atoms with E-state index in [0.29, 0.717) is 17.9 Å². The maximum Gasteiger partial charge on any atom is 0.132 e. The van der Waals surface area contributed by atoms with Crippen LogP contribution in [0.3, 0.4) is 0 Å². The highest BCUT2D eigenvalue weighted by atomic mass is 15.3. The van der Waals surface area contributed by atoms with Gasteiger partial charge in [0.15, 0.2) is 0 Å². The molecular formula is C21H23N5. The summed E-state index contributed by atoms with van der Waals surface area (Å²) in [6.45, 7) is 2.03. The van der Waals surface area contributed by atoms with E-state index < -0.39 is 0 Å². The second kappa shape index (κ2) is 5.53. The first-order chi connectivity index (χ1) is 12.9. The topological polar surface area (TPSA) is 46.8 Å². The van der Waals surface area contributed by atoms with Gasteiger partial charge in [0.2, 0.25) is 0 Å². The van der Waals surface area contributed by atoms with Gasteiger partial charge in [-0.3, -0.25) is 0 Å². The second-order valence-corrected chi connectivity index (χ2v) is 8.09. The molecule has 2 aliphatic carbocycles. The molecular weight excluding hydrogens is 322 g/mol. The van der Waals surface area contributed by atoms with Gasteiger partial charge in [-0.05, 0) is 37.8 Å². The number of para-hydroxylation sites is 2. The van der Waals surface area contributed by atoms with Crippen LogP contribution in [0.4, 0.5) is 5.82 Å². The third kappa shape index (κ3) is 2.26. The number of aromatic nitrogens is 4. The Balaban J connectivity index is 1.27. The zero-order valence-electron chi connectivity index (χ0n) is 14.9. The van der Waals surface area contributed by atoms with Crippen LogP contribution in [0.15, 0.2) is 36.7 Å². The number of imidazole rings is 1. The minimum absolute atomic E-state index is 0.500. The molecule has 26 heavy (non-hydrogen) atoms. The Morgan fingerprint density at radius 1 is 0.923 bits per heavy atom. The Morgan fingerprint density at radius 2 is 1.77 bits per heavy atom. The van der Waals surface area contributed by atoms with E-state index in [1.807, 2.05) is 0 Å². The molecule has 3 fully saturated rings. The lowest BCUT2D eigenvalue weighted by molar-refractivity contribution is 0.392. The molecule has 132 valence electrons. The summed E-state index contributed by atoms with van der Waals surface area (Å²) in [4.78, 5) is 16.4. The van der Waals surface area contributed by atoms with Crippen molar-refractivity contribution >= 4 is 16.9 Å². The summed E-state index contributed by atoms with van der Waals surface area (Å²) in [6, 6.07) is 11.3. The fourth-order valence-corrected chi connectivity index (χ4v) is 4.34. The summed E-state index contributed by atoms with van der Waals surface area (Å²) in [5.74, 6) is 3.72. The van der Waals surface area contributed by atoms with Gasteiger partial charge >= 0.3 is 0 Å². The number of anilines is 1. The zero-order chi connectivity index (χ0) is 17.1. The predicted molar refractivity (Wildman–Crippen MR) is 102 cm³/mol. The minimum atomic E-state index is 0.500. The van der Waals surface area contributed by atoms with E-state index in [-0.39, 0.29) is 0 Å². The van der Waals surface area contributed by atoms with Crippen LogP contribution in [0, 0.1) is 0 Å². The van der Waals surface area contributed by atoms with Crippen LogP contribution < -0.4 is 4.90 Å². The maximum absolute atomic E-state index is 4.95. The molecule has 0 radical (unpaired) electrons. The lowest BCUT2D eigenvalue weighted by Gasteiger charge is -2.42. The van der Waals surface area contributed by atoms with Crippen LogP contribution in [0.2, 0.25) is 0 Å². The van der Waals surface area contributed by atoms with Gasteiger partial charge < -0.3 is 9.47 Å². The van der Waals surface area contributed by atoms with E-state index in [4.69, 9.17) is 4.98 Å². The Bertz CT molecular complexity index is 963. The molecule has 2 aromatic heterocycles. The summed E-state index contributed by atoms with van der Waals surface area (Å²) >= 11 is 0. The van der Waals surface area contributed by atoms with Crippen LogP contribution in [-0.4, -0.2) is 32.6 Å². The lowest BCUT2D eigenvalue weighted by Crippen LogP contribution is -2.48. The van der Waals surface area contributed by atoms with Gasteiger partial charge in [0.1, 0.15) is 18.0 Å². The van der Waals surface area contributed by atoms with E-state index >= 15 is 0 Å². The highest BCUT2D eigenvalue weighted by molar-refractivity contribution is 5.76. The Hall–Kier alpha value is -2.43. The SMILES string of the molecule is c1ccc2c(c1)nc(C1CC1)n2C1CN(c2cc(C3CCC3)ncn2)C1. The molecule has 6 rings (SSSR count). The van der Waals surface area contributed by atoms with E-state index in [1.54, 1.807) is 6.33 Å². The number of hydrogen-bond acceptors (Lipinski definition) is 4. The molecule has 3 aliphatic rings. The van der Waals surface area contributed by atoms with Crippen LogP contribution in [-0.2, 0) is 0 Å². The van der Waals surface area contributed by atoms with Crippen molar-refractivity contribution in [1.82, 2.24) is 19.5 Å². The monoisotopic (exact) mass is 345 g/mol. The number of nitrogens with zero attached hydrogens (tertiary/aromatic N) is 5. The third-order valence-electron chi connectivity index (χ3n) is 6.31. The molecule has 0 spiro atoms. The summed E-state index contributed by atoms with van der Waals surface area (Å²) in [7, 11) is 0. The summed E-state index contributed by atoms with van der Waals surface area (Å²) in [5, 5.41) is 0. The van der Waals surface area contributed by atoms with Gasteiger partial charge in [0, 0.05) is 36.7 Å². The zero-order valence-corrected chi connectivity index (χ0v) is 14.9. The van der Waals surface area contributed by atoms with Gasteiger partial charge in [0.05, 0.1) is 17.1 Å². The van der Waals surface area contributed by atoms with Gasteiger partial charge in [0.25, 0.3) is 0 Å². The van der Waals surface area contributed by atoms with E-state index in [1.165, 1.54) is 49.1 Å². The van der Waals surface area contributed by atoms with Gasteiger partial charge in [-0.2, -0.15) is 0 Å². The van der Waals surface area contributed by atoms with Crippen molar-refractivity contribution in [3.63, 3.8) is 0 Å². The molecule has 1 aliphatic heterocycles. The number of hydrogen-bond donors (Lipinski definition) is 0. The van der Waals surface area contributed by atoms with E-state index in [9.17, 15) is 0 Å². The van der Waals surface area contributed by atoms with Crippen LogP contribution in [0.25, 0.3) is 11.0 Å². The molecule has 0 bridgehead atoms. The maximum atomic E-state index is 4.95. The van der Waals surface area contributed by atoms with Crippen LogP contribution >= 0.6 is 0 Å². The van der Waals surface area contributed by atoms with Gasteiger partial charge in [-0.15, -0.1) is 0 Å². The van der Waals surface area contributed by atoms with E-state index in [2.05, 4.69) is 49.8 Å². The third-order valence-corrected chi connectivity index (χ3v) is 6.31. The van der Waals surface area contributed by atoms with Crippen molar-refractivity contribution in [3.8, 4) is 0 Å². The van der Waals surface area contributed by atoms with Gasteiger partial charge in [-0.1, -0.05) is 18.6 Å². The van der Waals surface area contributed by atoms with Gasteiger partial charge in [-0.25, -0.2) is 15.0 Å². The first kappa shape index (κ1) is 14.7. The highest BCUT2D eigenvalue weighted by Gasteiger charge is 2.37. The van der Waals surface area contributed by atoms with Crippen molar-refractivity contribution < 1.29 is 0 Å². The molecule has 2 saturated carbocycles. The molecule has 3 heterocycles. The molecule has 5 nitrogen and oxygen atoms in total. The number of rotatable bonds is 4. The summed E-state index contributed by atoms with van der Waals surface area (Å²) in [6.07, 6.45) is 8.23. The standard InChI is InChI=1S/C21H23N5/c1-2-7-19-17(6-1)24-21(15-8-9-15)26(19)16-11-25(12-16)20-10-18(22-13-23-20)14-4-3-5-14/h1-2,6-7,10,13-16H,3-5,8-9,11-12H2. The normalized spacial score (nSPS) is 21.0. The predicted octanol–water partition coefficient (Wildman–Crippen LogP) is 4.03. The first-order valence-corrected chi connectivity index (χ1v) is 9.90. The molecule has 5 heteroatoms. The Labute approximate surface area is 153 Å². The fourth-order valence-electron chi connectivity index (χ4n) is 4.34. The molecule has 0 amide bonds. The smallest absolute Gasteiger partial charge is 0.132 e. The first-order valence-electron chi connectivity index (χ1n) is 9.90. The lowest BCUT2D eigenvalue weighted by atomic mass is 9.83. The molecule has 0 unspecified atom stereocenters. The minimum Gasteiger partial charge on any atom is -0.352 e. The molecule has 3 aromatic rings. The van der Waals surface area contributed by atoms with Crippen LogP contribution in [0.5, 0.6) is 0 Å². The van der Waals surface area contributed by atoms with Crippen molar-refractivity contribution in [3.05, 3.63) is 48.2 Å². The van der Waals surface area contributed by atoms with Crippen molar-refractivity contribution in [2.24, 2.45) is 0 Å². The molecule has 0 N–H and O–H groups in total. The Kier molecular flexibility index (Phi) is 3.13. The summed E-state index contributed by atoms with van der Waals surface area (Å²) < 4.78 is 2.51. The van der Waals surface area contributed by atoms with Crippen LogP contribution in [0.1, 0.15) is 61.5 Å². The number of benzene rings is 1. The Morgan fingerprint density at radius 3 is 2.54 bits per heavy atom. The average molecular weight is 345 g/mol.